The van der Waals surface area contributed by atoms with Crippen LogP contribution in [-0.4, -0.2) is 90.9 Å². The number of piperazine rings is 1. The zero-order valence-corrected chi connectivity index (χ0v) is 21.7. The number of nitrogens with zero attached hydrogens (tertiary/aromatic N) is 5. The Morgan fingerprint density at radius 1 is 0.974 bits per heavy atom. The van der Waals surface area contributed by atoms with Crippen molar-refractivity contribution in [2.75, 3.05) is 57.9 Å². The summed E-state index contributed by atoms with van der Waals surface area (Å²) in [5.41, 5.74) is 2.38. The molecule has 2 aliphatic heterocycles. The summed E-state index contributed by atoms with van der Waals surface area (Å²) in [6.45, 7) is 3.56. The summed E-state index contributed by atoms with van der Waals surface area (Å²) >= 11 is 0. The lowest BCUT2D eigenvalue weighted by atomic mass is 10.1. The predicted octanol–water partition coefficient (Wildman–Crippen LogP) is 3.12. The zero-order chi connectivity index (χ0) is 26.3. The van der Waals surface area contributed by atoms with Crippen LogP contribution in [0, 0.1) is 0 Å². The van der Waals surface area contributed by atoms with Gasteiger partial charge in [-0.1, -0.05) is 30.3 Å². The van der Waals surface area contributed by atoms with Gasteiger partial charge in [0, 0.05) is 50.5 Å². The number of benzene rings is 2. The number of amides is 2. The quantitative estimate of drug-likeness (QED) is 0.456. The second-order valence-electron chi connectivity index (χ2n) is 9.56. The number of methoxy groups -OCH3 is 1. The standard InChI is InChI=1S/C29H33N5O4/c1-37-24-11-9-23(10-12-24)29(36)34(20-25-8-5-19-38-25)21-28(35)33-17-15-32(16-18-33)27-14-13-26(30-31-27)22-6-3-2-4-7-22/h2-4,6-7,9-14,25H,5,8,15-21H2,1H3/t25-/m0/s1. The van der Waals surface area contributed by atoms with Gasteiger partial charge in [-0.05, 0) is 49.2 Å². The largest absolute Gasteiger partial charge is 0.497 e. The molecule has 0 unspecified atom stereocenters. The van der Waals surface area contributed by atoms with Gasteiger partial charge >= 0.3 is 0 Å². The number of anilines is 1. The van der Waals surface area contributed by atoms with E-state index in [-0.39, 0.29) is 24.5 Å². The van der Waals surface area contributed by atoms with E-state index >= 15 is 0 Å². The lowest BCUT2D eigenvalue weighted by Crippen LogP contribution is -2.52. The molecular formula is C29H33N5O4. The Labute approximate surface area is 223 Å². The molecule has 2 saturated heterocycles. The van der Waals surface area contributed by atoms with E-state index in [1.54, 1.807) is 36.3 Å². The third-order valence-corrected chi connectivity index (χ3v) is 7.07. The Kier molecular flexibility index (Phi) is 8.13. The van der Waals surface area contributed by atoms with Crippen molar-refractivity contribution in [2.45, 2.75) is 18.9 Å². The van der Waals surface area contributed by atoms with Crippen LogP contribution < -0.4 is 9.64 Å². The molecule has 0 bridgehead atoms. The molecule has 1 atom stereocenters. The van der Waals surface area contributed by atoms with Crippen LogP contribution in [0.25, 0.3) is 11.3 Å². The van der Waals surface area contributed by atoms with Gasteiger partial charge < -0.3 is 24.2 Å². The van der Waals surface area contributed by atoms with Crippen LogP contribution in [0.3, 0.4) is 0 Å². The minimum absolute atomic E-state index is 0.0241. The molecule has 2 aliphatic rings. The number of carbonyl (C=O) groups excluding carboxylic acids is 2. The summed E-state index contributed by atoms with van der Waals surface area (Å²) < 4.78 is 11.0. The van der Waals surface area contributed by atoms with Gasteiger partial charge in [-0.25, -0.2) is 0 Å². The molecule has 9 heteroatoms. The van der Waals surface area contributed by atoms with Crippen molar-refractivity contribution in [3.8, 4) is 17.0 Å². The van der Waals surface area contributed by atoms with Crippen molar-refractivity contribution in [3.63, 3.8) is 0 Å². The first-order valence-corrected chi connectivity index (χ1v) is 13.1. The van der Waals surface area contributed by atoms with Crippen LogP contribution in [0.15, 0.2) is 66.7 Å². The summed E-state index contributed by atoms with van der Waals surface area (Å²) in [5.74, 6) is 1.24. The number of hydrogen-bond acceptors (Lipinski definition) is 7. The number of rotatable bonds is 8. The van der Waals surface area contributed by atoms with Gasteiger partial charge in [0.05, 0.1) is 18.9 Å². The maximum atomic E-state index is 13.4. The molecule has 5 rings (SSSR count). The van der Waals surface area contributed by atoms with Crippen LogP contribution in [0.2, 0.25) is 0 Å². The Bertz CT molecular complexity index is 1210. The maximum absolute atomic E-state index is 13.4. The molecule has 1 aromatic heterocycles. The van der Waals surface area contributed by atoms with E-state index in [4.69, 9.17) is 9.47 Å². The van der Waals surface area contributed by atoms with Gasteiger partial charge in [-0.15, -0.1) is 10.2 Å². The zero-order valence-electron chi connectivity index (χ0n) is 21.7. The first-order chi connectivity index (χ1) is 18.6. The number of aromatic nitrogens is 2. The molecule has 3 aromatic rings. The summed E-state index contributed by atoms with van der Waals surface area (Å²) in [4.78, 5) is 32.2. The van der Waals surface area contributed by atoms with Crippen LogP contribution in [-0.2, 0) is 9.53 Å². The van der Waals surface area contributed by atoms with E-state index in [9.17, 15) is 9.59 Å². The predicted molar refractivity (Wildman–Crippen MR) is 144 cm³/mol. The molecule has 0 radical (unpaired) electrons. The first-order valence-electron chi connectivity index (χ1n) is 13.1. The summed E-state index contributed by atoms with van der Waals surface area (Å²) in [6.07, 6.45) is 1.82. The average molecular weight is 516 g/mol. The van der Waals surface area contributed by atoms with E-state index in [2.05, 4.69) is 15.1 Å². The molecule has 9 nitrogen and oxygen atoms in total. The summed E-state index contributed by atoms with van der Waals surface area (Å²) in [5, 5.41) is 8.81. The van der Waals surface area contributed by atoms with Gasteiger partial charge in [-0.3, -0.25) is 9.59 Å². The van der Waals surface area contributed by atoms with Crippen molar-refractivity contribution >= 4 is 17.6 Å². The fourth-order valence-corrected chi connectivity index (χ4v) is 4.87. The SMILES string of the molecule is COc1ccc(C(=O)N(CC(=O)N2CCN(c3ccc(-c4ccccc4)nn3)CC2)C[C@@H]2CCCO2)cc1. The Balaban J connectivity index is 1.19. The van der Waals surface area contributed by atoms with E-state index in [0.717, 1.165) is 29.9 Å². The Morgan fingerprint density at radius 3 is 2.37 bits per heavy atom. The third kappa shape index (κ3) is 6.11. The monoisotopic (exact) mass is 515 g/mol. The van der Waals surface area contributed by atoms with Gasteiger partial charge in [0.25, 0.3) is 5.91 Å². The van der Waals surface area contributed by atoms with Crippen LogP contribution in [0.1, 0.15) is 23.2 Å². The van der Waals surface area contributed by atoms with Crippen LogP contribution in [0.5, 0.6) is 5.75 Å². The molecule has 0 spiro atoms. The molecule has 0 saturated carbocycles. The van der Waals surface area contributed by atoms with Crippen molar-refractivity contribution in [1.29, 1.82) is 0 Å². The lowest BCUT2D eigenvalue weighted by molar-refractivity contribution is -0.132. The second-order valence-corrected chi connectivity index (χ2v) is 9.56. The lowest BCUT2D eigenvalue weighted by Gasteiger charge is -2.36. The smallest absolute Gasteiger partial charge is 0.254 e. The Hall–Kier alpha value is -3.98. The van der Waals surface area contributed by atoms with Gasteiger partial charge in [0.15, 0.2) is 5.82 Å². The fraction of sp³-hybridized carbons (Fsp3) is 0.379. The van der Waals surface area contributed by atoms with E-state index in [1.807, 2.05) is 47.4 Å². The van der Waals surface area contributed by atoms with Crippen molar-refractivity contribution in [2.24, 2.45) is 0 Å². The molecule has 2 aromatic carbocycles. The molecule has 0 N–H and O–H groups in total. The average Bonchev–Trinajstić information content (AvgIpc) is 3.50. The number of ether oxygens (including phenoxy) is 2. The minimum atomic E-state index is -0.177. The second kappa shape index (κ2) is 12.0. The highest BCUT2D eigenvalue weighted by atomic mass is 16.5. The Morgan fingerprint density at radius 2 is 1.74 bits per heavy atom. The summed E-state index contributed by atoms with van der Waals surface area (Å²) in [7, 11) is 1.59. The van der Waals surface area contributed by atoms with E-state index in [1.165, 1.54) is 0 Å². The molecule has 2 fully saturated rings. The van der Waals surface area contributed by atoms with E-state index < -0.39 is 0 Å². The highest BCUT2D eigenvalue weighted by Crippen LogP contribution is 2.20. The summed E-state index contributed by atoms with van der Waals surface area (Å²) in [6, 6.07) is 20.9. The molecule has 3 heterocycles. The number of hydrogen-bond donors (Lipinski definition) is 0. The van der Waals surface area contributed by atoms with Crippen LogP contribution in [0.4, 0.5) is 5.82 Å². The minimum Gasteiger partial charge on any atom is -0.497 e. The molecule has 0 aliphatic carbocycles. The molecule has 198 valence electrons. The third-order valence-electron chi connectivity index (χ3n) is 7.07. The van der Waals surface area contributed by atoms with Crippen molar-refractivity contribution < 1.29 is 19.1 Å². The highest BCUT2D eigenvalue weighted by molar-refractivity contribution is 5.96. The first kappa shape index (κ1) is 25.7. The molecular weight excluding hydrogens is 482 g/mol. The van der Waals surface area contributed by atoms with Crippen molar-refractivity contribution in [1.82, 2.24) is 20.0 Å². The van der Waals surface area contributed by atoms with Crippen molar-refractivity contribution in [3.05, 3.63) is 72.3 Å². The normalized spacial score (nSPS) is 17.3. The topological polar surface area (TPSA) is 88.1 Å². The van der Waals surface area contributed by atoms with Gasteiger partial charge in [0.2, 0.25) is 5.91 Å². The van der Waals surface area contributed by atoms with Gasteiger partial charge in [0.1, 0.15) is 12.3 Å². The highest BCUT2D eigenvalue weighted by Gasteiger charge is 2.29. The van der Waals surface area contributed by atoms with Gasteiger partial charge in [-0.2, -0.15) is 0 Å². The molecule has 2 amide bonds. The molecule has 38 heavy (non-hydrogen) atoms. The van der Waals surface area contributed by atoms with Crippen LogP contribution >= 0.6 is 0 Å². The maximum Gasteiger partial charge on any atom is 0.254 e. The fourth-order valence-electron chi connectivity index (χ4n) is 4.87. The van der Waals surface area contributed by atoms with E-state index in [0.29, 0.717) is 50.6 Å². The number of carbonyl (C=O) groups is 2.